The molecule has 0 amide bonds. The first-order valence-electron chi connectivity index (χ1n) is 6.86. The second-order valence-corrected chi connectivity index (χ2v) is 6.02. The fourth-order valence-electron chi connectivity index (χ4n) is 3.12. The Labute approximate surface area is 109 Å². The normalized spacial score (nSPS) is 17.6. The van der Waals surface area contributed by atoms with E-state index in [2.05, 4.69) is 61.7 Å². The van der Waals surface area contributed by atoms with Crippen LogP contribution in [0.3, 0.4) is 0 Å². The van der Waals surface area contributed by atoms with E-state index in [4.69, 9.17) is 0 Å². The van der Waals surface area contributed by atoms with Crippen molar-refractivity contribution < 1.29 is 0 Å². The smallest absolute Gasteiger partial charge is 0.0590 e. The summed E-state index contributed by atoms with van der Waals surface area (Å²) in [4.78, 5) is 2.37. The maximum absolute atomic E-state index is 2.46. The van der Waals surface area contributed by atoms with Gasteiger partial charge in [-0.15, -0.1) is 0 Å². The van der Waals surface area contributed by atoms with Crippen LogP contribution in [0.1, 0.15) is 36.9 Å². The number of benzene rings is 1. The van der Waals surface area contributed by atoms with Crippen molar-refractivity contribution in [2.24, 2.45) is 0 Å². The third-order valence-corrected chi connectivity index (χ3v) is 4.17. The van der Waals surface area contributed by atoms with Crippen molar-refractivity contribution in [3.8, 4) is 0 Å². The van der Waals surface area contributed by atoms with Crippen LogP contribution in [-0.4, -0.2) is 29.6 Å². The van der Waals surface area contributed by atoms with Gasteiger partial charge in [-0.25, -0.2) is 0 Å². The largest absolute Gasteiger partial charge is 0.342 e. The molecule has 2 heterocycles. The van der Waals surface area contributed by atoms with Crippen molar-refractivity contribution in [2.75, 3.05) is 20.1 Å². The Kier molecular flexibility index (Phi) is 2.70. The summed E-state index contributed by atoms with van der Waals surface area (Å²) in [6.45, 7) is 9.13. The molecule has 3 rings (SSSR count). The Morgan fingerprint density at radius 2 is 1.94 bits per heavy atom. The van der Waals surface area contributed by atoms with E-state index in [0.717, 1.165) is 0 Å². The van der Waals surface area contributed by atoms with Crippen LogP contribution in [0.25, 0.3) is 10.9 Å². The molecule has 0 aliphatic carbocycles. The van der Waals surface area contributed by atoms with Crippen LogP contribution < -0.4 is 0 Å². The number of likely N-dealkylation sites (tertiary alicyclic amines) is 1. The molecule has 96 valence electrons. The summed E-state index contributed by atoms with van der Waals surface area (Å²) >= 11 is 0. The summed E-state index contributed by atoms with van der Waals surface area (Å²) in [5.41, 5.74) is 4.30. The van der Waals surface area contributed by atoms with Crippen molar-refractivity contribution in [3.05, 3.63) is 35.5 Å². The van der Waals surface area contributed by atoms with Gasteiger partial charge in [-0.1, -0.05) is 13.8 Å². The molecule has 2 aromatic rings. The quantitative estimate of drug-likeness (QED) is 0.781. The van der Waals surface area contributed by atoms with Crippen molar-refractivity contribution >= 4 is 10.9 Å². The second kappa shape index (κ2) is 4.13. The van der Waals surface area contributed by atoms with E-state index < -0.39 is 0 Å². The first-order chi connectivity index (χ1) is 8.56. The fourth-order valence-corrected chi connectivity index (χ4v) is 3.12. The molecule has 1 aliphatic heterocycles. The molecule has 0 bridgehead atoms. The Morgan fingerprint density at radius 3 is 2.56 bits per heavy atom. The van der Waals surface area contributed by atoms with E-state index in [1.165, 1.54) is 35.1 Å². The van der Waals surface area contributed by atoms with Gasteiger partial charge in [-0.2, -0.15) is 0 Å². The van der Waals surface area contributed by atoms with Crippen LogP contribution in [0.4, 0.5) is 0 Å². The Hall–Kier alpha value is -1.28. The zero-order chi connectivity index (χ0) is 12.9. The standard InChI is InChI=1S/C16H22N2/c1-11(2)15-8-16-13(7-12(15)3)5-6-18(16)14-9-17(4)10-14/h5-8,11,14H,9-10H2,1-4H3. The van der Waals surface area contributed by atoms with Gasteiger partial charge in [0.15, 0.2) is 0 Å². The molecule has 0 unspecified atom stereocenters. The number of aromatic nitrogens is 1. The van der Waals surface area contributed by atoms with Crippen LogP contribution in [0.5, 0.6) is 0 Å². The van der Waals surface area contributed by atoms with E-state index in [1.54, 1.807) is 0 Å². The average molecular weight is 242 g/mol. The lowest BCUT2D eigenvalue weighted by Gasteiger charge is -2.37. The van der Waals surface area contributed by atoms with Gasteiger partial charge in [0.2, 0.25) is 0 Å². The first kappa shape index (κ1) is 11.8. The van der Waals surface area contributed by atoms with Crippen LogP contribution >= 0.6 is 0 Å². The minimum absolute atomic E-state index is 0.599. The van der Waals surface area contributed by atoms with Gasteiger partial charge >= 0.3 is 0 Å². The van der Waals surface area contributed by atoms with Gasteiger partial charge in [-0.05, 0) is 54.6 Å². The van der Waals surface area contributed by atoms with E-state index in [0.29, 0.717) is 12.0 Å². The third-order valence-electron chi connectivity index (χ3n) is 4.17. The van der Waals surface area contributed by atoms with Gasteiger partial charge < -0.3 is 9.47 Å². The zero-order valence-corrected chi connectivity index (χ0v) is 11.8. The molecule has 0 spiro atoms. The predicted molar refractivity (Wildman–Crippen MR) is 77.3 cm³/mol. The van der Waals surface area contributed by atoms with Gasteiger partial charge in [0.25, 0.3) is 0 Å². The molecule has 1 aliphatic rings. The number of hydrogen-bond acceptors (Lipinski definition) is 1. The minimum atomic E-state index is 0.599. The molecule has 18 heavy (non-hydrogen) atoms. The lowest BCUT2D eigenvalue weighted by atomic mass is 9.96. The number of hydrogen-bond donors (Lipinski definition) is 0. The summed E-state index contributed by atoms with van der Waals surface area (Å²) in [5, 5.41) is 1.38. The van der Waals surface area contributed by atoms with Crippen LogP contribution in [0.2, 0.25) is 0 Å². The lowest BCUT2D eigenvalue weighted by molar-refractivity contribution is 0.144. The Bertz CT molecular complexity index is 574. The topological polar surface area (TPSA) is 8.17 Å². The van der Waals surface area contributed by atoms with E-state index in [9.17, 15) is 0 Å². The monoisotopic (exact) mass is 242 g/mol. The zero-order valence-electron chi connectivity index (χ0n) is 11.8. The molecule has 2 heteroatoms. The highest BCUT2D eigenvalue weighted by atomic mass is 15.2. The highest BCUT2D eigenvalue weighted by Gasteiger charge is 2.25. The Morgan fingerprint density at radius 1 is 1.22 bits per heavy atom. The van der Waals surface area contributed by atoms with Gasteiger partial charge in [0, 0.05) is 24.8 Å². The van der Waals surface area contributed by atoms with Crippen LogP contribution in [-0.2, 0) is 0 Å². The minimum Gasteiger partial charge on any atom is -0.342 e. The number of rotatable bonds is 2. The molecule has 2 nitrogen and oxygen atoms in total. The molecule has 0 N–H and O–H groups in total. The van der Waals surface area contributed by atoms with Gasteiger partial charge in [0.05, 0.1) is 6.04 Å². The Balaban J connectivity index is 2.09. The molecule has 1 aromatic heterocycles. The highest BCUT2D eigenvalue weighted by Crippen LogP contribution is 2.30. The fraction of sp³-hybridized carbons (Fsp3) is 0.500. The SMILES string of the molecule is Cc1cc2ccn(C3CN(C)C3)c2cc1C(C)C. The van der Waals surface area contributed by atoms with Crippen molar-refractivity contribution in [1.29, 1.82) is 0 Å². The maximum atomic E-state index is 2.46. The summed E-state index contributed by atoms with van der Waals surface area (Å²) < 4.78 is 2.46. The highest BCUT2D eigenvalue weighted by molar-refractivity contribution is 5.82. The second-order valence-electron chi connectivity index (χ2n) is 6.02. The molecule has 1 saturated heterocycles. The van der Waals surface area contributed by atoms with Gasteiger partial charge in [-0.3, -0.25) is 0 Å². The number of nitrogens with zero attached hydrogens (tertiary/aromatic N) is 2. The molecular weight excluding hydrogens is 220 g/mol. The lowest BCUT2D eigenvalue weighted by Crippen LogP contribution is -2.44. The van der Waals surface area contributed by atoms with Crippen LogP contribution in [0.15, 0.2) is 24.4 Å². The molecule has 0 saturated carbocycles. The van der Waals surface area contributed by atoms with Crippen molar-refractivity contribution in [3.63, 3.8) is 0 Å². The summed E-state index contributed by atoms with van der Waals surface area (Å²) in [6, 6.07) is 7.65. The predicted octanol–water partition coefficient (Wildman–Crippen LogP) is 3.56. The molecule has 1 aromatic carbocycles. The van der Waals surface area contributed by atoms with Crippen molar-refractivity contribution in [2.45, 2.75) is 32.7 Å². The summed E-state index contributed by atoms with van der Waals surface area (Å²) in [7, 11) is 2.19. The van der Waals surface area contributed by atoms with E-state index in [1.807, 2.05) is 0 Å². The number of likely N-dealkylation sites (N-methyl/N-ethyl adjacent to an activating group) is 1. The molecule has 0 radical (unpaired) electrons. The first-order valence-corrected chi connectivity index (χ1v) is 6.86. The van der Waals surface area contributed by atoms with Crippen molar-refractivity contribution in [1.82, 2.24) is 9.47 Å². The summed E-state index contributed by atoms with van der Waals surface area (Å²) in [6.07, 6.45) is 2.26. The number of aryl methyl sites for hydroxylation is 1. The molecule has 0 atom stereocenters. The van der Waals surface area contributed by atoms with E-state index in [-0.39, 0.29) is 0 Å². The molecular formula is C16H22N2. The van der Waals surface area contributed by atoms with E-state index >= 15 is 0 Å². The maximum Gasteiger partial charge on any atom is 0.0590 e. The number of fused-ring (bicyclic) bond motifs is 1. The molecule has 1 fully saturated rings. The van der Waals surface area contributed by atoms with Crippen LogP contribution in [0, 0.1) is 6.92 Å². The summed E-state index contributed by atoms with van der Waals surface area (Å²) in [5.74, 6) is 0.599. The third kappa shape index (κ3) is 1.76. The average Bonchev–Trinajstić information content (AvgIpc) is 2.65. The van der Waals surface area contributed by atoms with Gasteiger partial charge in [0.1, 0.15) is 0 Å².